The first-order chi connectivity index (χ1) is 7.74. The van der Waals surface area contributed by atoms with Crippen LogP contribution >= 0.6 is 0 Å². The Balaban J connectivity index is 1.97. The Morgan fingerprint density at radius 2 is 1.19 bits per heavy atom. The summed E-state index contributed by atoms with van der Waals surface area (Å²) in [4.78, 5) is 22.0. The van der Waals surface area contributed by atoms with Crippen LogP contribution in [0, 0.1) is 0 Å². The van der Waals surface area contributed by atoms with Crippen LogP contribution in [0.1, 0.15) is 38.5 Å². The molecule has 0 unspecified atom stereocenters. The molecule has 0 bridgehead atoms. The number of hydrogen-bond donors (Lipinski definition) is 0. The van der Waals surface area contributed by atoms with Gasteiger partial charge in [0.1, 0.15) is 11.5 Å². The van der Waals surface area contributed by atoms with Crippen molar-refractivity contribution in [3.63, 3.8) is 0 Å². The van der Waals surface area contributed by atoms with Crippen LogP contribution in [0.3, 0.4) is 0 Å². The van der Waals surface area contributed by atoms with Crippen molar-refractivity contribution >= 4 is 11.9 Å². The maximum Gasteiger partial charge on any atom is 0.310 e. The second kappa shape index (κ2) is 4.96. The van der Waals surface area contributed by atoms with Gasteiger partial charge in [-0.25, -0.2) is 0 Å². The lowest BCUT2D eigenvalue weighted by atomic mass is 10.1. The molecule has 4 heteroatoms. The van der Waals surface area contributed by atoms with Gasteiger partial charge in [-0.15, -0.1) is 0 Å². The standard InChI is InChI=1S/C12H14O4/c13-11-5-1-3-9(15-11)7-8-10-4-2-6-12(14)16-10/h7-8H,1-6H2/b9-7+,10-8+. The van der Waals surface area contributed by atoms with Gasteiger partial charge in [-0.1, -0.05) is 0 Å². The molecule has 0 spiro atoms. The van der Waals surface area contributed by atoms with Gasteiger partial charge in [-0.3, -0.25) is 9.59 Å². The third-order valence-electron chi connectivity index (χ3n) is 2.55. The fraction of sp³-hybridized carbons (Fsp3) is 0.500. The normalized spacial score (nSPS) is 26.8. The van der Waals surface area contributed by atoms with Gasteiger partial charge >= 0.3 is 11.9 Å². The molecule has 0 saturated carbocycles. The molecule has 4 nitrogen and oxygen atoms in total. The van der Waals surface area contributed by atoms with E-state index in [1.165, 1.54) is 0 Å². The molecule has 0 aromatic heterocycles. The van der Waals surface area contributed by atoms with Crippen molar-refractivity contribution < 1.29 is 19.1 Å². The highest BCUT2D eigenvalue weighted by Crippen LogP contribution is 2.20. The van der Waals surface area contributed by atoms with Gasteiger partial charge in [0, 0.05) is 25.7 Å². The Hall–Kier alpha value is -1.58. The average molecular weight is 222 g/mol. The number of ether oxygens (including phenoxy) is 2. The van der Waals surface area contributed by atoms with Gasteiger partial charge < -0.3 is 9.47 Å². The smallest absolute Gasteiger partial charge is 0.310 e. The van der Waals surface area contributed by atoms with Crippen LogP contribution in [0.5, 0.6) is 0 Å². The Kier molecular flexibility index (Phi) is 3.39. The van der Waals surface area contributed by atoms with E-state index in [9.17, 15) is 9.59 Å². The minimum Gasteiger partial charge on any atom is -0.431 e. The third kappa shape index (κ3) is 2.95. The summed E-state index contributed by atoms with van der Waals surface area (Å²) in [7, 11) is 0. The van der Waals surface area contributed by atoms with Gasteiger partial charge in [-0.2, -0.15) is 0 Å². The molecule has 2 heterocycles. The van der Waals surface area contributed by atoms with E-state index in [-0.39, 0.29) is 11.9 Å². The van der Waals surface area contributed by atoms with E-state index in [1.807, 2.05) is 0 Å². The zero-order valence-electron chi connectivity index (χ0n) is 9.03. The van der Waals surface area contributed by atoms with Crippen LogP contribution in [0.25, 0.3) is 0 Å². The molecule has 86 valence electrons. The lowest BCUT2D eigenvalue weighted by Gasteiger charge is -2.15. The predicted molar refractivity (Wildman–Crippen MR) is 56.1 cm³/mol. The monoisotopic (exact) mass is 222 g/mol. The summed E-state index contributed by atoms with van der Waals surface area (Å²) in [5.41, 5.74) is 0. The molecule has 0 aromatic carbocycles. The summed E-state index contributed by atoms with van der Waals surface area (Å²) < 4.78 is 10.1. The van der Waals surface area contributed by atoms with E-state index < -0.39 is 0 Å². The zero-order valence-corrected chi connectivity index (χ0v) is 9.03. The molecule has 0 radical (unpaired) electrons. The van der Waals surface area contributed by atoms with E-state index in [0.717, 1.165) is 25.7 Å². The molecule has 0 amide bonds. The molecule has 2 aliphatic heterocycles. The molecule has 0 N–H and O–H groups in total. The number of rotatable bonds is 1. The van der Waals surface area contributed by atoms with E-state index in [2.05, 4.69) is 0 Å². The van der Waals surface area contributed by atoms with Crippen LogP contribution < -0.4 is 0 Å². The molecule has 2 fully saturated rings. The second-order valence-electron chi connectivity index (χ2n) is 3.92. The van der Waals surface area contributed by atoms with Crippen LogP contribution in [-0.2, 0) is 19.1 Å². The van der Waals surface area contributed by atoms with Crippen molar-refractivity contribution in [3.05, 3.63) is 23.7 Å². The molecule has 2 aliphatic rings. The predicted octanol–water partition coefficient (Wildman–Crippen LogP) is 2.21. The quantitative estimate of drug-likeness (QED) is 0.638. The second-order valence-corrected chi connectivity index (χ2v) is 3.92. The highest BCUT2D eigenvalue weighted by atomic mass is 16.5. The minimum atomic E-state index is -0.184. The number of carbonyl (C=O) groups is 2. The SMILES string of the molecule is O=C1CCC/C(=C\C=C2/CCCC(=O)O2)O1. The van der Waals surface area contributed by atoms with Gasteiger partial charge in [-0.05, 0) is 25.0 Å². The molecule has 16 heavy (non-hydrogen) atoms. The Morgan fingerprint density at radius 1 is 0.750 bits per heavy atom. The molecule has 2 rings (SSSR count). The Labute approximate surface area is 93.9 Å². The molecular weight excluding hydrogens is 208 g/mol. The van der Waals surface area contributed by atoms with E-state index in [0.29, 0.717) is 24.4 Å². The Bertz CT molecular complexity index is 329. The number of carbonyl (C=O) groups excluding carboxylic acids is 2. The zero-order chi connectivity index (χ0) is 11.4. The third-order valence-corrected chi connectivity index (χ3v) is 2.55. The van der Waals surface area contributed by atoms with Crippen molar-refractivity contribution in [3.8, 4) is 0 Å². The first-order valence-corrected chi connectivity index (χ1v) is 5.55. The first kappa shape index (κ1) is 10.9. The van der Waals surface area contributed by atoms with Crippen molar-refractivity contribution in [2.45, 2.75) is 38.5 Å². The molecule has 0 atom stereocenters. The number of cyclic esters (lactones) is 2. The lowest BCUT2D eigenvalue weighted by Crippen LogP contribution is -2.11. The largest absolute Gasteiger partial charge is 0.431 e. The van der Waals surface area contributed by atoms with E-state index in [1.54, 1.807) is 12.2 Å². The minimum absolute atomic E-state index is 0.184. The fourth-order valence-corrected chi connectivity index (χ4v) is 1.73. The molecule has 0 aliphatic carbocycles. The van der Waals surface area contributed by atoms with Crippen molar-refractivity contribution in [1.29, 1.82) is 0 Å². The van der Waals surface area contributed by atoms with E-state index in [4.69, 9.17) is 9.47 Å². The van der Waals surface area contributed by atoms with Crippen LogP contribution in [-0.4, -0.2) is 11.9 Å². The molecular formula is C12H14O4. The summed E-state index contributed by atoms with van der Waals surface area (Å²) in [6, 6.07) is 0. The summed E-state index contributed by atoms with van der Waals surface area (Å²) in [6.07, 6.45) is 7.62. The maximum atomic E-state index is 11.0. The number of hydrogen-bond acceptors (Lipinski definition) is 4. The summed E-state index contributed by atoms with van der Waals surface area (Å²) >= 11 is 0. The summed E-state index contributed by atoms with van der Waals surface area (Å²) in [6.45, 7) is 0. The van der Waals surface area contributed by atoms with Crippen LogP contribution in [0.2, 0.25) is 0 Å². The van der Waals surface area contributed by atoms with Gasteiger partial charge in [0.25, 0.3) is 0 Å². The Morgan fingerprint density at radius 3 is 1.56 bits per heavy atom. The maximum absolute atomic E-state index is 11.0. The number of esters is 2. The summed E-state index contributed by atoms with van der Waals surface area (Å²) in [5, 5.41) is 0. The van der Waals surface area contributed by atoms with E-state index >= 15 is 0 Å². The molecule has 2 saturated heterocycles. The van der Waals surface area contributed by atoms with Gasteiger partial charge in [0.05, 0.1) is 0 Å². The first-order valence-electron chi connectivity index (χ1n) is 5.55. The van der Waals surface area contributed by atoms with Gasteiger partial charge in [0.15, 0.2) is 0 Å². The summed E-state index contributed by atoms with van der Waals surface area (Å²) in [5.74, 6) is 0.948. The highest BCUT2D eigenvalue weighted by Gasteiger charge is 2.15. The highest BCUT2D eigenvalue weighted by molar-refractivity contribution is 5.72. The van der Waals surface area contributed by atoms with Crippen LogP contribution in [0.4, 0.5) is 0 Å². The van der Waals surface area contributed by atoms with Crippen molar-refractivity contribution in [2.24, 2.45) is 0 Å². The average Bonchev–Trinajstić information content (AvgIpc) is 2.27. The van der Waals surface area contributed by atoms with Gasteiger partial charge in [0.2, 0.25) is 0 Å². The van der Waals surface area contributed by atoms with Crippen molar-refractivity contribution in [2.75, 3.05) is 0 Å². The molecule has 0 aromatic rings. The topological polar surface area (TPSA) is 52.6 Å². The van der Waals surface area contributed by atoms with Crippen molar-refractivity contribution in [1.82, 2.24) is 0 Å². The number of allylic oxidation sites excluding steroid dienone is 4. The van der Waals surface area contributed by atoms with Crippen LogP contribution in [0.15, 0.2) is 23.7 Å². The fourth-order valence-electron chi connectivity index (χ4n) is 1.73. The lowest BCUT2D eigenvalue weighted by molar-refractivity contribution is -0.143.